The maximum absolute atomic E-state index is 13.4. The van der Waals surface area contributed by atoms with E-state index in [4.69, 9.17) is 11.6 Å². The molecule has 0 fully saturated rings. The maximum Gasteiger partial charge on any atom is 0.233 e. The van der Waals surface area contributed by atoms with E-state index in [1.807, 2.05) is 0 Å². The first-order valence-corrected chi connectivity index (χ1v) is 15.2. The van der Waals surface area contributed by atoms with Crippen molar-refractivity contribution < 1.29 is 25.3 Å². The van der Waals surface area contributed by atoms with Crippen LogP contribution in [0, 0.1) is 6.92 Å². The van der Waals surface area contributed by atoms with E-state index in [0.717, 1.165) is 5.56 Å². The highest BCUT2D eigenvalue weighted by atomic mass is 35.5. The van der Waals surface area contributed by atoms with Crippen LogP contribution in [0.4, 0.5) is 0 Å². The third-order valence-corrected chi connectivity index (χ3v) is 12.5. The van der Waals surface area contributed by atoms with E-state index in [1.165, 1.54) is 60.7 Å². The van der Waals surface area contributed by atoms with E-state index in [1.54, 1.807) is 25.1 Å². The molecule has 4 rings (SSSR count). The molecular weight excluding hydrogens is 538 g/mol. The number of sulfone groups is 3. The summed E-state index contributed by atoms with van der Waals surface area (Å²) in [4.78, 5) is 3.28. The van der Waals surface area contributed by atoms with E-state index in [0.29, 0.717) is 11.3 Å². The van der Waals surface area contributed by atoms with Gasteiger partial charge in [0, 0.05) is 5.02 Å². The predicted molar refractivity (Wildman–Crippen MR) is 128 cm³/mol. The molecule has 0 atom stereocenters. The number of benzene rings is 3. The van der Waals surface area contributed by atoms with Crippen molar-refractivity contribution in [2.24, 2.45) is 0 Å². The minimum atomic E-state index is -4.48. The highest BCUT2D eigenvalue weighted by Gasteiger charge is 2.37. The normalized spacial score (nSPS) is 12.5. The van der Waals surface area contributed by atoms with Crippen molar-refractivity contribution in [1.82, 2.24) is 4.98 Å². The second kappa shape index (κ2) is 8.90. The molecule has 0 saturated carbocycles. The Morgan fingerprint density at radius 3 is 1.74 bits per heavy atom. The van der Waals surface area contributed by atoms with Crippen LogP contribution in [-0.2, 0) is 29.5 Å². The fourth-order valence-electron chi connectivity index (χ4n) is 2.98. The average molecular weight is 554 g/mol. The molecule has 0 aliphatic rings. The lowest BCUT2D eigenvalue weighted by molar-refractivity contribution is 0.579. The van der Waals surface area contributed by atoms with Crippen LogP contribution >= 0.6 is 22.9 Å². The molecular formula is C22H16ClNO6S4. The van der Waals surface area contributed by atoms with E-state index >= 15 is 0 Å². The molecule has 1 heterocycles. The standard InChI is InChI=1S/C22H16ClNO6S4/c1-15-7-11-18(12-8-15)32(25,26)20-21(33(27,28)19-13-9-16(23)10-14-19)31-22(24-20)34(29,30)17-5-3-2-4-6-17/h2-14H,1H3. The highest BCUT2D eigenvalue weighted by Crippen LogP contribution is 2.38. The zero-order valence-corrected chi connectivity index (χ0v) is 21.4. The Kier molecular flexibility index (Phi) is 6.42. The van der Waals surface area contributed by atoms with Gasteiger partial charge in [0.2, 0.25) is 33.9 Å². The first-order chi connectivity index (χ1) is 15.9. The molecule has 1 aromatic heterocycles. The zero-order valence-electron chi connectivity index (χ0n) is 17.4. The van der Waals surface area contributed by atoms with Gasteiger partial charge in [0.15, 0.2) is 9.24 Å². The minimum absolute atomic E-state index is 0.140. The molecule has 7 nitrogen and oxygen atoms in total. The largest absolute Gasteiger partial charge is 0.233 e. The SMILES string of the molecule is Cc1ccc(S(=O)(=O)c2nc(S(=O)(=O)c3ccccc3)sc2S(=O)(=O)c2ccc(Cl)cc2)cc1. The monoisotopic (exact) mass is 553 g/mol. The molecule has 0 spiro atoms. The van der Waals surface area contributed by atoms with Crippen molar-refractivity contribution in [3.63, 3.8) is 0 Å². The van der Waals surface area contributed by atoms with Crippen LogP contribution in [0.1, 0.15) is 5.56 Å². The molecule has 0 unspecified atom stereocenters. The fourth-order valence-corrected chi connectivity index (χ4v) is 9.92. The Morgan fingerprint density at radius 1 is 0.647 bits per heavy atom. The molecule has 0 radical (unpaired) electrons. The Hall–Kier alpha value is -2.57. The lowest BCUT2D eigenvalue weighted by atomic mass is 10.2. The molecule has 4 aromatic rings. The van der Waals surface area contributed by atoms with Crippen LogP contribution in [-0.4, -0.2) is 30.2 Å². The van der Waals surface area contributed by atoms with Crippen molar-refractivity contribution in [2.45, 2.75) is 35.2 Å². The summed E-state index contributed by atoms with van der Waals surface area (Å²) >= 11 is 6.15. The number of hydrogen-bond acceptors (Lipinski definition) is 8. The first-order valence-electron chi connectivity index (χ1n) is 9.57. The van der Waals surface area contributed by atoms with Crippen molar-refractivity contribution in [3.05, 3.63) is 89.4 Å². The summed E-state index contributed by atoms with van der Waals surface area (Å²) in [6.07, 6.45) is 0. The van der Waals surface area contributed by atoms with Gasteiger partial charge < -0.3 is 0 Å². The quantitative estimate of drug-likeness (QED) is 0.342. The van der Waals surface area contributed by atoms with Crippen molar-refractivity contribution in [2.75, 3.05) is 0 Å². The molecule has 0 bridgehead atoms. The third kappa shape index (κ3) is 4.41. The van der Waals surface area contributed by atoms with Crippen LogP contribution in [0.25, 0.3) is 0 Å². The van der Waals surface area contributed by atoms with Gasteiger partial charge in [-0.15, -0.1) is 0 Å². The van der Waals surface area contributed by atoms with Crippen LogP contribution in [0.15, 0.2) is 107 Å². The van der Waals surface area contributed by atoms with Crippen LogP contribution in [0.3, 0.4) is 0 Å². The van der Waals surface area contributed by atoms with Crippen molar-refractivity contribution >= 4 is 52.4 Å². The summed E-state index contributed by atoms with van der Waals surface area (Å²) in [5.74, 6) is 0. The molecule has 0 amide bonds. The summed E-state index contributed by atoms with van der Waals surface area (Å²) in [7, 11) is -13.2. The smallest absolute Gasteiger partial charge is 0.218 e. The van der Waals surface area contributed by atoms with Gasteiger partial charge in [-0.3, -0.25) is 0 Å². The molecule has 3 aromatic carbocycles. The van der Waals surface area contributed by atoms with Gasteiger partial charge in [0.25, 0.3) is 0 Å². The Morgan fingerprint density at radius 2 is 1.15 bits per heavy atom. The van der Waals surface area contributed by atoms with Crippen molar-refractivity contribution in [1.29, 1.82) is 0 Å². The Labute approximate surface area is 206 Å². The average Bonchev–Trinajstić information content (AvgIpc) is 3.29. The van der Waals surface area contributed by atoms with E-state index in [9.17, 15) is 25.3 Å². The van der Waals surface area contributed by atoms with Crippen LogP contribution in [0.5, 0.6) is 0 Å². The lowest BCUT2D eigenvalue weighted by Crippen LogP contribution is -2.10. The Balaban J connectivity index is 2.00. The highest BCUT2D eigenvalue weighted by molar-refractivity contribution is 7.97. The number of nitrogens with zero attached hydrogens (tertiary/aromatic N) is 1. The zero-order chi connectivity index (χ0) is 24.7. The third-order valence-electron chi connectivity index (χ3n) is 4.78. The number of hydrogen-bond donors (Lipinski definition) is 0. The molecule has 12 heteroatoms. The number of aromatic nitrogens is 1. The van der Waals surface area contributed by atoms with Gasteiger partial charge in [-0.1, -0.05) is 58.8 Å². The van der Waals surface area contributed by atoms with Gasteiger partial charge in [0.05, 0.1) is 14.7 Å². The number of halogens is 1. The summed E-state index contributed by atoms with van der Waals surface area (Å²) in [5, 5.41) is -0.561. The van der Waals surface area contributed by atoms with E-state index in [-0.39, 0.29) is 19.7 Å². The number of rotatable bonds is 6. The number of thiazole rings is 1. The topological polar surface area (TPSA) is 115 Å². The summed E-state index contributed by atoms with van der Waals surface area (Å²) < 4.78 is 78.7. The maximum atomic E-state index is 13.4. The van der Waals surface area contributed by atoms with Crippen LogP contribution in [0.2, 0.25) is 5.02 Å². The summed E-state index contributed by atoms with van der Waals surface area (Å²) in [6.45, 7) is 1.76. The fraction of sp³-hybridized carbons (Fsp3) is 0.0455. The molecule has 34 heavy (non-hydrogen) atoms. The summed E-state index contributed by atoms with van der Waals surface area (Å²) in [5.41, 5.74) is 0.790. The molecule has 0 N–H and O–H groups in total. The second-order valence-corrected chi connectivity index (χ2v) is 14.7. The Bertz CT molecular complexity index is 1580. The van der Waals surface area contributed by atoms with E-state index < -0.39 is 43.1 Å². The lowest BCUT2D eigenvalue weighted by Gasteiger charge is -2.06. The number of aryl methyl sites for hydroxylation is 1. The second-order valence-electron chi connectivity index (χ2n) is 7.16. The van der Waals surface area contributed by atoms with Crippen LogP contribution < -0.4 is 0 Å². The van der Waals surface area contributed by atoms with Crippen molar-refractivity contribution in [3.8, 4) is 0 Å². The van der Waals surface area contributed by atoms with Gasteiger partial charge in [-0.05, 0) is 55.5 Å². The summed E-state index contributed by atoms with van der Waals surface area (Å²) in [6, 6.07) is 18.1. The molecule has 0 saturated heterocycles. The molecule has 0 aliphatic carbocycles. The molecule has 0 aliphatic heterocycles. The van der Waals surface area contributed by atoms with Gasteiger partial charge in [-0.25, -0.2) is 30.2 Å². The molecule has 176 valence electrons. The van der Waals surface area contributed by atoms with Gasteiger partial charge >= 0.3 is 0 Å². The predicted octanol–water partition coefficient (Wildman–Crippen LogP) is 4.60. The van der Waals surface area contributed by atoms with Gasteiger partial charge in [0.1, 0.15) is 0 Å². The van der Waals surface area contributed by atoms with E-state index in [2.05, 4.69) is 4.98 Å². The minimum Gasteiger partial charge on any atom is -0.218 e. The first kappa shape index (κ1) is 24.6. The van der Waals surface area contributed by atoms with Gasteiger partial charge in [-0.2, -0.15) is 0 Å².